The maximum Gasteiger partial charge on any atom is 0.391 e. The normalized spacial score (nSPS) is 24.9. The Morgan fingerprint density at radius 1 is 1.05 bits per heavy atom. The second kappa shape index (κ2) is 6.97. The maximum atomic E-state index is 12.6. The maximum absolute atomic E-state index is 12.6. The molecular formula is C15H16Cl3F3. The average Bonchev–Trinajstić information content (AvgIpc) is 2.42. The summed E-state index contributed by atoms with van der Waals surface area (Å²) >= 11 is 18.2. The molecule has 1 aliphatic rings. The van der Waals surface area contributed by atoms with Gasteiger partial charge >= 0.3 is 6.18 Å². The predicted octanol–water partition coefficient (Wildman–Crippen LogP) is 6.51. The van der Waals surface area contributed by atoms with Crippen molar-refractivity contribution in [2.24, 2.45) is 11.8 Å². The minimum atomic E-state index is -4.07. The molecule has 0 bridgehead atoms. The summed E-state index contributed by atoms with van der Waals surface area (Å²) in [5, 5.41) is 0.785. The number of hydrogen-bond acceptors (Lipinski definition) is 0. The van der Waals surface area contributed by atoms with Crippen LogP contribution in [0.3, 0.4) is 0 Å². The summed E-state index contributed by atoms with van der Waals surface area (Å²) in [7, 11) is 0. The summed E-state index contributed by atoms with van der Waals surface area (Å²) in [6.07, 6.45) is -2.06. The van der Waals surface area contributed by atoms with Crippen LogP contribution in [-0.4, -0.2) is 11.6 Å². The zero-order valence-electron chi connectivity index (χ0n) is 11.3. The zero-order chi connectivity index (χ0) is 15.6. The molecule has 0 aliphatic heterocycles. The van der Waals surface area contributed by atoms with Crippen LogP contribution in [0.25, 0.3) is 0 Å². The van der Waals surface area contributed by atoms with Gasteiger partial charge in [0.15, 0.2) is 0 Å². The van der Waals surface area contributed by atoms with Crippen LogP contribution in [0.2, 0.25) is 10.0 Å². The smallest absolute Gasteiger partial charge is 0.171 e. The Morgan fingerprint density at radius 3 is 2.19 bits per heavy atom. The molecule has 0 nitrogen and oxygen atoms in total. The Labute approximate surface area is 137 Å². The fourth-order valence-electron chi connectivity index (χ4n) is 2.87. The number of alkyl halides is 4. The van der Waals surface area contributed by atoms with Crippen molar-refractivity contribution >= 4 is 34.8 Å². The van der Waals surface area contributed by atoms with Gasteiger partial charge in [0.25, 0.3) is 0 Å². The van der Waals surface area contributed by atoms with Crippen LogP contribution in [0.4, 0.5) is 13.2 Å². The average molecular weight is 360 g/mol. The first-order chi connectivity index (χ1) is 9.77. The lowest BCUT2D eigenvalue weighted by Gasteiger charge is -2.32. The monoisotopic (exact) mass is 358 g/mol. The van der Waals surface area contributed by atoms with Crippen molar-refractivity contribution in [3.8, 4) is 0 Å². The Hall–Kier alpha value is -0.120. The van der Waals surface area contributed by atoms with Crippen LogP contribution < -0.4 is 0 Å². The quantitative estimate of drug-likeness (QED) is 0.539. The van der Waals surface area contributed by atoms with Crippen LogP contribution in [0, 0.1) is 11.8 Å². The summed E-state index contributed by atoms with van der Waals surface area (Å²) in [6, 6.07) is 5.33. The molecule has 6 heteroatoms. The first kappa shape index (κ1) is 17.2. The standard InChI is InChI=1S/C15H16Cl3F3/c16-12-6-1-9(8-14(12)18)7-13(17)10-2-4-11(5-3-10)15(19,20)21/h1,6,8,10-11,13H,2-5,7H2. The minimum Gasteiger partial charge on any atom is -0.171 e. The molecule has 1 aromatic carbocycles. The molecule has 1 atom stereocenters. The van der Waals surface area contributed by atoms with E-state index < -0.39 is 12.1 Å². The van der Waals surface area contributed by atoms with E-state index in [1.165, 1.54) is 0 Å². The van der Waals surface area contributed by atoms with Gasteiger partial charge in [0.1, 0.15) is 0 Å². The molecule has 21 heavy (non-hydrogen) atoms. The van der Waals surface area contributed by atoms with Crippen LogP contribution in [0.1, 0.15) is 31.2 Å². The van der Waals surface area contributed by atoms with Gasteiger partial charge in [-0.05, 0) is 55.7 Å². The second-order valence-electron chi connectivity index (χ2n) is 5.62. The lowest BCUT2D eigenvalue weighted by molar-refractivity contribution is -0.183. The van der Waals surface area contributed by atoms with Crippen molar-refractivity contribution in [3.63, 3.8) is 0 Å². The first-order valence-corrected chi connectivity index (χ1v) is 8.11. The Bertz CT molecular complexity index is 480. The summed E-state index contributed by atoms with van der Waals surface area (Å²) in [5.74, 6) is -1.04. The van der Waals surface area contributed by atoms with E-state index in [0.29, 0.717) is 29.3 Å². The number of hydrogen-bond donors (Lipinski definition) is 0. The van der Waals surface area contributed by atoms with Gasteiger partial charge < -0.3 is 0 Å². The molecule has 0 saturated heterocycles. The molecule has 0 spiro atoms. The highest BCUT2D eigenvalue weighted by Crippen LogP contribution is 2.41. The van der Waals surface area contributed by atoms with Gasteiger partial charge in [-0.2, -0.15) is 13.2 Å². The van der Waals surface area contributed by atoms with Gasteiger partial charge in [-0.25, -0.2) is 0 Å². The third-order valence-electron chi connectivity index (χ3n) is 4.16. The Morgan fingerprint density at radius 2 is 1.67 bits per heavy atom. The molecular weight excluding hydrogens is 344 g/mol. The SMILES string of the molecule is FC(F)(F)C1CCC(C(Cl)Cc2ccc(Cl)c(Cl)c2)CC1. The van der Waals surface area contributed by atoms with Gasteiger partial charge in [-0.15, -0.1) is 11.6 Å². The number of halogens is 6. The van der Waals surface area contributed by atoms with Gasteiger partial charge in [-0.3, -0.25) is 0 Å². The predicted molar refractivity (Wildman–Crippen MR) is 81.3 cm³/mol. The zero-order valence-corrected chi connectivity index (χ0v) is 13.5. The number of rotatable bonds is 3. The van der Waals surface area contributed by atoms with Crippen molar-refractivity contribution in [1.29, 1.82) is 0 Å². The highest BCUT2D eigenvalue weighted by molar-refractivity contribution is 6.42. The molecule has 0 heterocycles. The molecule has 118 valence electrons. The van der Waals surface area contributed by atoms with Crippen LogP contribution >= 0.6 is 34.8 Å². The summed E-state index contributed by atoms with van der Waals surface area (Å²) in [5.41, 5.74) is 0.961. The topological polar surface area (TPSA) is 0 Å². The highest BCUT2D eigenvalue weighted by Gasteiger charge is 2.42. The lowest BCUT2D eigenvalue weighted by atomic mass is 9.79. The van der Waals surface area contributed by atoms with Crippen LogP contribution in [0.15, 0.2) is 18.2 Å². The third-order valence-corrected chi connectivity index (χ3v) is 5.41. The minimum absolute atomic E-state index is 0.125. The summed E-state index contributed by atoms with van der Waals surface area (Å²) in [4.78, 5) is 0. The van der Waals surface area contributed by atoms with E-state index in [-0.39, 0.29) is 24.1 Å². The van der Waals surface area contributed by atoms with E-state index in [4.69, 9.17) is 34.8 Å². The molecule has 1 aliphatic carbocycles. The largest absolute Gasteiger partial charge is 0.391 e. The Kier molecular flexibility index (Phi) is 5.72. The summed E-state index contributed by atoms with van der Waals surface area (Å²) < 4.78 is 37.9. The molecule has 1 saturated carbocycles. The van der Waals surface area contributed by atoms with Crippen molar-refractivity contribution in [3.05, 3.63) is 33.8 Å². The van der Waals surface area contributed by atoms with E-state index in [0.717, 1.165) is 5.56 Å². The number of benzene rings is 1. The van der Waals surface area contributed by atoms with E-state index in [1.807, 2.05) is 6.07 Å². The highest BCUT2D eigenvalue weighted by atomic mass is 35.5. The van der Waals surface area contributed by atoms with E-state index >= 15 is 0 Å². The van der Waals surface area contributed by atoms with Crippen molar-refractivity contribution in [1.82, 2.24) is 0 Å². The van der Waals surface area contributed by atoms with Gasteiger partial charge in [-0.1, -0.05) is 29.3 Å². The van der Waals surface area contributed by atoms with Crippen LogP contribution in [-0.2, 0) is 6.42 Å². The summed E-state index contributed by atoms with van der Waals surface area (Å²) in [6.45, 7) is 0. The molecule has 1 fully saturated rings. The second-order valence-corrected chi connectivity index (χ2v) is 7.00. The van der Waals surface area contributed by atoms with Gasteiger partial charge in [0.05, 0.1) is 16.0 Å². The molecule has 0 N–H and O–H groups in total. The third kappa shape index (κ3) is 4.67. The van der Waals surface area contributed by atoms with Crippen molar-refractivity contribution < 1.29 is 13.2 Å². The van der Waals surface area contributed by atoms with Crippen molar-refractivity contribution in [2.75, 3.05) is 0 Å². The van der Waals surface area contributed by atoms with Crippen molar-refractivity contribution in [2.45, 2.75) is 43.7 Å². The Balaban J connectivity index is 1.90. The molecule has 2 rings (SSSR count). The van der Waals surface area contributed by atoms with Crippen LogP contribution in [0.5, 0.6) is 0 Å². The first-order valence-electron chi connectivity index (χ1n) is 6.92. The van der Waals surface area contributed by atoms with E-state index in [2.05, 4.69) is 0 Å². The lowest BCUT2D eigenvalue weighted by Crippen LogP contribution is -2.31. The molecule has 1 aromatic rings. The fraction of sp³-hybridized carbons (Fsp3) is 0.600. The van der Waals surface area contributed by atoms with E-state index in [1.54, 1.807) is 12.1 Å². The molecule has 0 amide bonds. The van der Waals surface area contributed by atoms with Gasteiger partial charge in [0, 0.05) is 5.38 Å². The molecule has 0 radical (unpaired) electrons. The molecule has 1 unspecified atom stereocenters. The van der Waals surface area contributed by atoms with Gasteiger partial charge in [0.2, 0.25) is 0 Å². The fourth-order valence-corrected chi connectivity index (χ4v) is 3.62. The molecule has 0 aromatic heterocycles. The van der Waals surface area contributed by atoms with E-state index in [9.17, 15) is 13.2 Å².